The Balaban J connectivity index is 2.62. The van der Waals surface area contributed by atoms with Crippen molar-refractivity contribution in [3.63, 3.8) is 0 Å². The van der Waals surface area contributed by atoms with E-state index in [0.29, 0.717) is 0 Å². The fourth-order valence-electron chi connectivity index (χ4n) is 1.20. The predicted molar refractivity (Wildman–Crippen MR) is 47.1 cm³/mol. The molecule has 2 aromatic heterocycles. The van der Waals surface area contributed by atoms with Gasteiger partial charge in [0.25, 0.3) is 0 Å². The quantitative estimate of drug-likeness (QED) is 0.565. The molecule has 0 spiro atoms. The highest BCUT2D eigenvalue weighted by Crippen LogP contribution is 2.17. The van der Waals surface area contributed by atoms with Crippen LogP contribution in [-0.2, 0) is 0 Å². The Morgan fingerprint density at radius 2 is 1.92 bits per heavy atom. The molecule has 0 saturated heterocycles. The fourth-order valence-corrected chi connectivity index (χ4v) is 1.76. The third-order valence-corrected chi connectivity index (χ3v) is 2.39. The Kier molecular flexibility index (Phi) is 1.02. The number of aromatic nitrogens is 4. The van der Waals surface area contributed by atoms with Crippen LogP contribution in [0, 0.1) is 0 Å². The molecular formula is C7H4N4S. The highest BCUT2D eigenvalue weighted by Gasteiger charge is 2.01. The van der Waals surface area contributed by atoms with Crippen LogP contribution in [0.3, 0.4) is 0 Å². The molecule has 5 heteroatoms. The number of fused-ring (bicyclic) bond motifs is 2. The van der Waals surface area contributed by atoms with Crippen LogP contribution in [-0.4, -0.2) is 18.7 Å². The highest BCUT2D eigenvalue weighted by atomic mass is 32.1. The lowest BCUT2D eigenvalue weighted by molar-refractivity contribution is 1.34. The van der Waals surface area contributed by atoms with E-state index in [0.717, 1.165) is 22.1 Å². The molecule has 0 fully saturated rings. The first-order valence-electron chi connectivity index (χ1n) is 3.48. The number of nitrogens with one attached hydrogen (secondary N) is 1. The number of benzene rings is 1. The first-order valence-corrected chi connectivity index (χ1v) is 4.25. The third-order valence-electron chi connectivity index (χ3n) is 1.79. The van der Waals surface area contributed by atoms with Crippen LogP contribution in [0.4, 0.5) is 0 Å². The Labute approximate surface area is 71.6 Å². The Hall–Kier alpha value is -1.49. The van der Waals surface area contributed by atoms with Crippen molar-refractivity contribution in [3.8, 4) is 0 Å². The zero-order chi connectivity index (χ0) is 7.97. The summed E-state index contributed by atoms with van der Waals surface area (Å²) in [5.74, 6) is 0. The lowest BCUT2D eigenvalue weighted by atomic mass is 10.3. The van der Waals surface area contributed by atoms with Crippen LogP contribution in [0.5, 0.6) is 0 Å². The largest absolute Gasteiger partial charge is 0.293 e. The van der Waals surface area contributed by atoms with Crippen molar-refractivity contribution in [2.24, 2.45) is 0 Å². The van der Waals surface area contributed by atoms with E-state index in [1.807, 2.05) is 12.1 Å². The normalized spacial score (nSPS) is 11.3. The average Bonchev–Trinajstić information content (AvgIpc) is 2.64. The maximum Gasteiger partial charge on any atom is 0.116 e. The number of aromatic amines is 1. The van der Waals surface area contributed by atoms with Crippen LogP contribution in [0.1, 0.15) is 0 Å². The molecule has 0 unspecified atom stereocenters. The van der Waals surface area contributed by atoms with E-state index in [4.69, 9.17) is 0 Å². The predicted octanol–water partition coefficient (Wildman–Crippen LogP) is 1.57. The molecule has 1 N–H and O–H groups in total. The summed E-state index contributed by atoms with van der Waals surface area (Å²) >= 11 is 1.34. The number of H-pyrrole nitrogens is 1. The topological polar surface area (TPSA) is 54.5 Å². The standard InChI is InChI=1S/C7H4N4S/c1-4-5(9-3-8-4)2-7-6(1)10-12-11-7/h1-3,10H. The van der Waals surface area contributed by atoms with Gasteiger partial charge in [0.05, 0.1) is 16.6 Å². The van der Waals surface area contributed by atoms with Gasteiger partial charge in [-0.1, -0.05) is 0 Å². The summed E-state index contributed by atoms with van der Waals surface area (Å²) < 4.78 is 7.23. The molecule has 2 heterocycles. The minimum Gasteiger partial charge on any atom is -0.293 e. The number of rotatable bonds is 0. The monoisotopic (exact) mass is 176 g/mol. The van der Waals surface area contributed by atoms with Crippen molar-refractivity contribution >= 4 is 33.8 Å². The minimum atomic E-state index is 0.904. The molecule has 4 nitrogen and oxygen atoms in total. The van der Waals surface area contributed by atoms with Crippen LogP contribution in [0.2, 0.25) is 0 Å². The van der Waals surface area contributed by atoms with Gasteiger partial charge in [-0.15, -0.1) is 0 Å². The number of hydrogen-bond acceptors (Lipinski definition) is 4. The van der Waals surface area contributed by atoms with E-state index in [-0.39, 0.29) is 0 Å². The maximum atomic E-state index is 4.17. The number of imidazole rings is 1. The zero-order valence-electron chi connectivity index (χ0n) is 5.98. The van der Waals surface area contributed by atoms with Crippen molar-refractivity contribution in [2.45, 2.75) is 0 Å². The molecule has 0 radical (unpaired) electrons. The van der Waals surface area contributed by atoms with Gasteiger partial charge in [-0.3, -0.25) is 4.37 Å². The summed E-state index contributed by atoms with van der Waals surface area (Å²) in [5, 5.41) is 0. The van der Waals surface area contributed by atoms with Gasteiger partial charge in [0, 0.05) is 11.7 Å². The Morgan fingerprint density at radius 3 is 2.83 bits per heavy atom. The summed E-state index contributed by atoms with van der Waals surface area (Å²) in [5.41, 5.74) is 3.79. The van der Waals surface area contributed by atoms with Gasteiger partial charge < -0.3 is 0 Å². The molecule has 12 heavy (non-hydrogen) atoms. The second kappa shape index (κ2) is 2.01. The summed E-state index contributed by atoms with van der Waals surface area (Å²) in [6, 6.07) is 3.89. The fraction of sp³-hybridized carbons (Fsp3) is 0. The number of nitrogens with zero attached hydrogens (tertiary/aromatic N) is 3. The van der Waals surface area contributed by atoms with Crippen molar-refractivity contribution in [2.75, 3.05) is 0 Å². The third kappa shape index (κ3) is 0.683. The van der Waals surface area contributed by atoms with E-state index < -0.39 is 0 Å². The zero-order valence-corrected chi connectivity index (χ0v) is 6.80. The molecule has 0 saturated carbocycles. The van der Waals surface area contributed by atoms with Gasteiger partial charge in [-0.25, -0.2) is 9.97 Å². The molecule has 58 valence electrons. The highest BCUT2D eigenvalue weighted by molar-refractivity contribution is 7.00. The van der Waals surface area contributed by atoms with Gasteiger partial charge in [0.15, 0.2) is 0 Å². The lowest BCUT2D eigenvalue weighted by Crippen LogP contribution is -1.71. The van der Waals surface area contributed by atoms with Crippen LogP contribution in [0.15, 0.2) is 18.5 Å². The van der Waals surface area contributed by atoms with Crippen molar-refractivity contribution < 1.29 is 0 Å². The molecule has 3 rings (SSSR count). The van der Waals surface area contributed by atoms with Crippen molar-refractivity contribution in [3.05, 3.63) is 18.5 Å². The summed E-state index contributed by atoms with van der Waals surface area (Å²) in [6.45, 7) is 0. The van der Waals surface area contributed by atoms with Crippen LogP contribution >= 0.6 is 11.7 Å². The second-order valence-electron chi connectivity index (χ2n) is 2.52. The first kappa shape index (κ1) is 6.07. The van der Waals surface area contributed by atoms with Gasteiger partial charge in [0.2, 0.25) is 0 Å². The van der Waals surface area contributed by atoms with E-state index in [1.54, 1.807) is 6.33 Å². The molecule has 0 aliphatic carbocycles. The van der Waals surface area contributed by atoms with Gasteiger partial charge in [0.1, 0.15) is 11.8 Å². The molecule has 3 aromatic rings. The van der Waals surface area contributed by atoms with E-state index in [2.05, 4.69) is 18.7 Å². The molecule has 0 atom stereocenters. The van der Waals surface area contributed by atoms with Gasteiger partial charge in [-0.05, 0) is 12.1 Å². The SMILES string of the molecule is c1nc2cc3ns[nH]c3cc2n1. The molecule has 0 aliphatic heterocycles. The maximum absolute atomic E-state index is 4.17. The Morgan fingerprint density at radius 1 is 1.08 bits per heavy atom. The molecule has 0 bridgehead atoms. The van der Waals surface area contributed by atoms with Gasteiger partial charge in [-0.2, -0.15) is 4.37 Å². The molecule has 1 aromatic carbocycles. The lowest BCUT2D eigenvalue weighted by Gasteiger charge is -1.86. The minimum absolute atomic E-state index is 0.904. The average molecular weight is 176 g/mol. The summed E-state index contributed by atoms with van der Waals surface area (Å²) in [7, 11) is 0. The molecular weight excluding hydrogens is 172 g/mol. The van der Waals surface area contributed by atoms with Crippen LogP contribution in [0.25, 0.3) is 22.1 Å². The van der Waals surface area contributed by atoms with Crippen molar-refractivity contribution in [1.29, 1.82) is 0 Å². The van der Waals surface area contributed by atoms with Crippen LogP contribution < -0.4 is 0 Å². The smallest absolute Gasteiger partial charge is 0.116 e. The second-order valence-corrected chi connectivity index (χ2v) is 3.09. The Bertz CT molecular complexity index is 447. The van der Waals surface area contributed by atoms with E-state index in [1.165, 1.54) is 11.7 Å². The molecule has 0 aliphatic rings. The summed E-state index contributed by atoms with van der Waals surface area (Å²) in [6.07, 6.45) is 1.56. The first-order chi connectivity index (χ1) is 5.93. The summed E-state index contributed by atoms with van der Waals surface area (Å²) in [4.78, 5) is 8.18. The van der Waals surface area contributed by atoms with E-state index in [9.17, 15) is 0 Å². The molecule has 0 amide bonds. The van der Waals surface area contributed by atoms with E-state index >= 15 is 0 Å². The van der Waals surface area contributed by atoms with Crippen molar-refractivity contribution in [1.82, 2.24) is 18.7 Å². The van der Waals surface area contributed by atoms with Gasteiger partial charge >= 0.3 is 0 Å². The number of hydrogen-bond donors (Lipinski definition) is 1.